The molecule has 0 radical (unpaired) electrons. The van der Waals surface area contributed by atoms with E-state index in [1.54, 1.807) is 24.3 Å². The van der Waals surface area contributed by atoms with Crippen molar-refractivity contribution in [3.8, 4) is 0 Å². The maximum absolute atomic E-state index is 11.3. The molecule has 0 spiro atoms. The third-order valence-corrected chi connectivity index (χ3v) is 1.77. The number of hydrogen-bond acceptors (Lipinski definition) is 4. The summed E-state index contributed by atoms with van der Waals surface area (Å²) >= 11 is 0. The average Bonchev–Trinajstić information content (AvgIpc) is 2.25. The van der Waals surface area contributed by atoms with Crippen LogP contribution < -0.4 is 0 Å². The van der Waals surface area contributed by atoms with E-state index in [0.717, 1.165) is 0 Å². The summed E-state index contributed by atoms with van der Waals surface area (Å²) < 4.78 is 9.40. The van der Waals surface area contributed by atoms with Crippen molar-refractivity contribution in [2.75, 3.05) is 13.9 Å². The Balaban J connectivity index is 2.85. The highest BCUT2D eigenvalue weighted by Crippen LogP contribution is 2.10. The minimum atomic E-state index is -0.401. The van der Waals surface area contributed by atoms with E-state index in [-0.39, 0.29) is 13.4 Å². The van der Waals surface area contributed by atoms with Crippen LogP contribution in [-0.4, -0.2) is 25.0 Å². The maximum atomic E-state index is 11.3. The molecule has 14 heavy (non-hydrogen) atoms. The van der Waals surface area contributed by atoms with Crippen LogP contribution in [0.2, 0.25) is 0 Å². The highest BCUT2D eigenvalue weighted by atomic mass is 16.6. The maximum Gasteiger partial charge on any atom is 0.338 e. The van der Waals surface area contributed by atoms with Crippen LogP contribution in [0.15, 0.2) is 24.3 Å². The lowest BCUT2D eigenvalue weighted by molar-refractivity contribution is -0.0117. The van der Waals surface area contributed by atoms with Crippen molar-refractivity contribution in [2.24, 2.45) is 0 Å². The Morgan fingerprint density at radius 3 is 2.79 bits per heavy atom. The summed E-state index contributed by atoms with van der Waals surface area (Å²) in [6, 6.07) is 6.95. The fourth-order valence-corrected chi connectivity index (χ4v) is 1.11. The molecule has 0 aliphatic rings. The molecule has 0 aliphatic carbocycles. The van der Waals surface area contributed by atoms with Crippen LogP contribution in [0, 0.1) is 0 Å². The van der Waals surface area contributed by atoms with Crippen molar-refractivity contribution in [1.29, 1.82) is 0 Å². The molecule has 0 fully saturated rings. The van der Waals surface area contributed by atoms with Crippen LogP contribution in [0.1, 0.15) is 15.9 Å². The molecule has 0 amide bonds. The largest absolute Gasteiger partial charge is 0.465 e. The van der Waals surface area contributed by atoms with Gasteiger partial charge in [0.15, 0.2) is 0 Å². The quantitative estimate of drug-likeness (QED) is 0.575. The monoisotopic (exact) mass is 196 g/mol. The zero-order chi connectivity index (χ0) is 10.4. The molecule has 0 saturated carbocycles. The van der Waals surface area contributed by atoms with Gasteiger partial charge in [0.1, 0.15) is 6.79 Å². The molecular weight excluding hydrogens is 184 g/mol. The predicted octanol–water partition coefficient (Wildman–Crippen LogP) is 0.940. The molecule has 0 aliphatic heterocycles. The van der Waals surface area contributed by atoms with E-state index < -0.39 is 5.97 Å². The molecule has 0 unspecified atom stereocenters. The fraction of sp³-hybridized carbons (Fsp3) is 0.300. The van der Waals surface area contributed by atoms with Gasteiger partial charge in [-0.2, -0.15) is 0 Å². The molecule has 0 atom stereocenters. The highest BCUT2D eigenvalue weighted by Gasteiger charge is 2.10. The number of rotatable bonds is 4. The first kappa shape index (κ1) is 10.7. The zero-order valence-electron chi connectivity index (χ0n) is 7.90. The molecule has 0 aromatic heterocycles. The van der Waals surface area contributed by atoms with Gasteiger partial charge in [-0.3, -0.25) is 0 Å². The van der Waals surface area contributed by atoms with E-state index in [2.05, 4.69) is 4.74 Å². The third-order valence-electron chi connectivity index (χ3n) is 1.77. The van der Waals surface area contributed by atoms with Crippen LogP contribution >= 0.6 is 0 Å². The number of aliphatic hydroxyl groups is 1. The van der Waals surface area contributed by atoms with Crippen molar-refractivity contribution >= 4 is 5.97 Å². The third kappa shape index (κ3) is 2.55. The van der Waals surface area contributed by atoms with Gasteiger partial charge in [0.25, 0.3) is 0 Å². The minimum absolute atomic E-state index is 0.196. The Hall–Kier alpha value is -1.39. The SMILES string of the molecule is COC(=O)c1ccccc1COCO. The van der Waals surface area contributed by atoms with Crippen molar-refractivity contribution in [2.45, 2.75) is 6.61 Å². The molecular formula is C10H12O4. The van der Waals surface area contributed by atoms with Crippen LogP contribution in [0.5, 0.6) is 0 Å². The molecule has 1 N–H and O–H groups in total. The van der Waals surface area contributed by atoms with Crippen molar-refractivity contribution in [3.63, 3.8) is 0 Å². The summed E-state index contributed by atoms with van der Waals surface area (Å²) in [4.78, 5) is 11.3. The first-order valence-electron chi connectivity index (χ1n) is 4.14. The van der Waals surface area contributed by atoms with Gasteiger partial charge in [-0.15, -0.1) is 0 Å². The standard InChI is InChI=1S/C10H12O4/c1-13-10(12)9-5-3-2-4-8(9)6-14-7-11/h2-5,11H,6-7H2,1H3. The number of hydrogen-bond donors (Lipinski definition) is 1. The summed E-state index contributed by atoms with van der Waals surface area (Å²) in [7, 11) is 1.33. The second kappa shape index (κ2) is 5.36. The van der Waals surface area contributed by atoms with Crippen molar-refractivity contribution in [3.05, 3.63) is 35.4 Å². The number of carbonyl (C=O) groups is 1. The first-order valence-corrected chi connectivity index (χ1v) is 4.14. The Kier molecular flexibility index (Phi) is 4.10. The molecule has 0 bridgehead atoms. The molecule has 1 aromatic carbocycles. The Morgan fingerprint density at radius 2 is 2.14 bits per heavy atom. The molecule has 4 nitrogen and oxygen atoms in total. The summed E-state index contributed by atoms with van der Waals surface area (Å²) in [6.45, 7) is -0.169. The summed E-state index contributed by atoms with van der Waals surface area (Å²) in [6.07, 6.45) is 0. The second-order valence-electron chi connectivity index (χ2n) is 2.63. The van der Waals surface area contributed by atoms with E-state index in [9.17, 15) is 4.79 Å². The van der Waals surface area contributed by atoms with Crippen LogP contribution in [0.4, 0.5) is 0 Å². The van der Waals surface area contributed by atoms with Gasteiger partial charge in [0, 0.05) is 0 Å². The molecule has 1 aromatic rings. The van der Waals surface area contributed by atoms with E-state index in [1.165, 1.54) is 7.11 Å². The lowest BCUT2D eigenvalue weighted by Gasteiger charge is -2.06. The van der Waals surface area contributed by atoms with Gasteiger partial charge in [0.05, 0.1) is 19.3 Å². The fourth-order valence-electron chi connectivity index (χ4n) is 1.11. The topological polar surface area (TPSA) is 55.8 Å². The van der Waals surface area contributed by atoms with Crippen LogP contribution in [-0.2, 0) is 16.1 Å². The van der Waals surface area contributed by atoms with Gasteiger partial charge in [-0.05, 0) is 11.6 Å². The normalized spacial score (nSPS) is 9.86. The lowest BCUT2D eigenvalue weighted by Crippen LogP contribution is -2.06. The molecule has 1 rings (SSSR count). The molecule has 76 valence electrons. The minimum Gasteiger partial charge on any atom is -0.465 e. The van der Waals surface area contributed by atoms with E-state index >= 15 is 0 Å². The first-order chi connectivity index (χ1) is 6.79. The van der Waals surface area contributed by atoms with Gasteiger partial charge in [-0.1, -0.05) is 18.2 Å². The second-order valence-corrected chi connectivity index (χ2v) is 2.63. The predicted molar refractivity (Wildman–Crippen MR) is 49.7 cm³/mol. The number of carbonyl (C=O) groups excluding carboxylic acids is 1. The molecule has 0 heterocycles. The highest BCUT2D eigenvalue weighted by molar-refractivity contribution is 5.90. The summed E-state index contributed by atoms with van der Waals surface area (Å²) in [5.74, 6) is -0.401. The van der Waals surface area contributed by atoms with E-state index in [4.69, 9.17) is 9.84 Å². The van der Waals surface area contributed by atoms with Gasteiger partial charge >= 0.3 is 5.97 Å². The van der Waals surface area contributed by atoms with Gasteiger partial charge in [0.2, 0.25) is 0 Å². The van der Waals surface area contributed by atoms with Gasteiger partial charge < -0.3 is 14.6 Å². The number of aliphatic hydroxyl groups excluding tert-OH is 1. The Labute approximate surface area is 82.1 Å². The average molecular weight is 196 g/mol. The molecule has 0 saturated heterocycles. The number of benzene rings is 1. The number of ether oxygens (including phenoxy) is 2. The van der Waals surface area contributed by atoms with Crippen LogP contribution in [0.25, 0.3) is 0 Å². The number of esters is 1. The van der Waals surface area contributed by atoms with Crippen molar-refractivity contribution < 1.29 is 19.4 Å². The summed E-state index contributed by atoms with van der Waals surface area (Å²) in [5.41, 5.74) is 1.16. The van der Waals surface area contributed by atoms with Crippen LogP contribution in [0.3, 0.4) is 0 Å². The van der Waals surface area contributed by atoms with Crippen molar-refractivity contribution in [1.82, 2.24) is 0 Å². The van der Waals surface area contributed by atoms with Gasteiger partial charge in [-0.25, -0.2) is 4.79 Å². The van der Waals surface area contributed by atoms with E-state index in [0.29, 0.717) is 11.1 Å². The molecule has 4 heteroatoms. The number of methoxy groups -OCH3 is 1. The lowest BCUT2D eigenvalue weighted by atomic mass is 10.1. The van der Waals surface area contributed by atoms with E-state index in [1.807, 2.05) is 0 Å². The summed E-state index contributed by atoms with van der Waals surface area (Å²) in [5, 5.41) is 8.48. The zero-order valence-corrected chi connectivity index (χ0v) is 7.90. The Morgan fingerprint density at radius 1 is 1.43 bits per heavy atom. The smallest absolute Gasteiger partial charge is 0.338 e. The Bertz CT molecular complexity index is 309.